The van der Waals surface area contributed by atoms with Crippen molar-refractivity contribution in [2.45, 2.75) is 19.5 Å². The number of aliphatic imine (C=N–C) groups is 1. The molecule has 0 saturated heterocycles. The molecule has 0 bridgehead atoms. The van der Waals surface area contributed by atoms with E-state index >= 15 is 0 Å². The van der Waals surface area contributed by atoms with Gasteiger partial charge >= 0.3 is 0 Å². The van der Waals surface area contributed by atoms with E-state index in [2.05, 4.69) is 10.3 Å². The lowest BCUT2D eigenvalue weighted by molar-refractivity contribution is -0.414. The molecular formula is C8H12N4O3. The molecule has 1 aliphatic heterocycles. The second kappa shape index (κ2) is 3.77. The Balaban J connectivity index is 3.03. The second-order valence-electron chi connectivity index (χ2n) is 3.33. The molecule has 0 aromatic carbocycles. The van der Waals surface area contributed by atoms with Crippen molar-refractivity contribution in [1.29, 1.82) is 0 Å². The van der Waals surface area contributed by atoms with Crippen molar-refractivity contribution in [2.75, 3.05) is 6.54 Å². The lowest BCUT2D eigenvalue weighted by Gasteiger charge is -2.07. The smallest absolute Gasteiger partial charge is 0.299 e. The molecule has 1 amide bonds. The standard InChI is InChI=1S/C8H12N4O3/c1-3-10-7(13)6-5(12(14)15)4-8(2,9)11-6/h4H,3,9H2,1-2H3,(H,10,13). The number of hydrogen-bond donors (Lipinski definition) is 2. The van der Waals surface area contributed by atoms with Crippen molar-refractivity contribution >= 4 is 11.6 Å². The highest BCUT2D eigenvalue weighted by Gasteiger charge is 2.37. The number of hydrogen-bond acceptors (Lipinski definition) is 5. The van der Waals surface area contributed by atoms with Crippen molar-refractivity contribution in [1.82, 2.24) is 5.32 Å². The highest BCUT2D eigenvalue weighted by molar-refractivity contribution is 6.45. The van der Waals surface area contributed by atoms with Gasteiger partial charge in [-0.15, -0.1) is 0 Å². The topological polar surface area (TPSA) is 111 Å². The molecule has 0 saturated carbocycles. The van der Waals surface area contributed by atoms with Crippen LogP contribution >= 0.6 is 0 Å². The SMILES string of the molecule is CCNC(=O)C1=NC(C)(N)C=C1[N+](=O)[O-]. The van der Waals surface area contributed by atoms with Crippen LogP contribution in [0.5, 0.6) is 0 Å². The van der Waals surface area contributed by atoms with E-state index in [1.165, 1.54) is 6.92 Å². The van der Waals surface area contributed by atoms with Crippen LogP contribution < -0.4 is 11.1 Å². The molecule has 3 N–H and O–H groups in total. The summed E-state index contributed by atoms with van der Waals surface area (Å²) in [6.45, 7) is 3.58. The number of nitro groups is 1. The Bertz CT molecular complexity index is 370. The predicted octanol–water partition coefficient (Wildman–Crippen LogP) is -0.587. The van der Waals surface area contributed by atoms with Gasteiger partial charge in [-0.2, -0.15) is 0 Å². The fourth-order valence-electron chi connectivity index (χ4n) is 1.23. The molecule has 0 fully saturated rings. The molecule has 1 aliphatic rings. The van der Waals surface area contributed by atoms with E-state index in [4.69, 9.17) is 5.73 Å². The van der Waals surface area contributed by atoms with Gasteiger partial charge in [0.2, 0.25) is 5.71 Å². The zero-order valence-corrected chi connectivity index (χ0v) is 8.48. The molecule has 0 aliphatic carbocycles. The van der Waals surface area contributed by atoms with E-state index in [1.807, 2.05) is 0 Å². The summed E-state index contributed by atoms with van der Waals surface area (Å²) in [5, 5.41) is 13.1. The Labute approximate surface area is 86.2 Å². The molecule has 1 atom stereocenters. The van der Waals surface area contributed by atoms with Crippen molar-refractivity contribution in [2.24, 2.45) is 10.7 Å². The molecular weight excluding hydrogens is 200 g/mol. The van der Waals surface area contributed by atoms with E-state index in [0.717, 1.165) is 6.08 Å². The Morgan fingerprint density at radius 3 is 2.87 bits per heavy atom. The zero-order chi connectivity index (χ0) is 11.6. The average Bonchev–Trinajstić information content (AvgIpc) is 2.42. The van der Waals surface area contributed by atoms with Crippen LogP contribution in [0.25, 0.3) is 0 Å². The number of amides is 1. The molecule has 1 unspecified atom stereocenters. The van der Waals surface area contributed by atoms with Crippen LogP contribution in [0.15, 0.2) is 16.8 Å². The maximum absolute atomic E-state index is 11.4. The second-order valence-corrected chi connectivity index (χ2v) is 3.33. The Morgan fingerprint density at radius 1 is 1.80 bits per heavy atom. The molecule has 1 rings (SSSR count). The minimum atomic E-state index is -1.18. The van der Waals surface area contributed by atoms with Crippen LogP contribution in [0.3, 0.4) is 0 Å². The fraction of sp³-hybridized carbons (Fsp3) is 0.500. The van der Waals surface area contributed by atoms with Gasteiger partial charge in [0.05, 0.1) is 4.92 Å². The van der Waals surface area contributed by atoms with Gasteiger partial charge in [0, 0.05) is 12.6 Å². The minimum Gasteiger partial charge on any atom is -0.351 e. The first kappa shape index (κ1) is 11.3. The van der Waals surface area contributed by atoms with Gasteiger partial charge in [0.1, 0.15) is 5.66 Å². The lowest BCUT2D eigenvalue weighted by Crippen LogP contribution is -2.34. The van der Waals surface area contributed by atoms with Crippen LogP contribution in [0.4, 0.5) is 0 Å². The molecule has 82 valence electrons. The van der Waals surface area contributed by atoms with Gasteiger partial charge in [-0.3, -0.25) is 14.9 Å². The van der Waals surface area contributed by atoms with Crippen LogP contribution in [-0.2, 0) is 4.79 Å². The van der Waals surface area contributed by atoms with E-state index in [-0.39, 0.29) is 11.4 Å². The van der Waals surface area contributed by atoms with Crippen LogP contribution in [0, 0.1) is 10.1 Å². The van der Waals surface area contributed by atoms with Gasteiger partial charge in [-0.25, -0.2) is 4.99 Å². The highest BCUT2D eigenvalue weighted by atomic mass is 16.6. The summed E-state index contributed by atoms with van der Waals surface area (Å²) < 4.78 is 0. The molecule has 0 aromatic heterocycles. The van der Waals surface area contributed by atoms with E-state index in [9.17, 15) is 14.9 Å². The van der Waals surface area contributed by atoms with Crippen LogP contribution in [0.2, 0.25) is 0 Å². The lowest BCUT2D eigenvalue weighted by atomic mass is 10.2. The molecule has 0 radical (unpaired) electrons. The Morgan fingerprint density at radius 2 is 2.40 bits per heavy atom. The number of carbonyl (C=O) groups excluding carboxylic acids is 1. The summed E-state index contributed by atoms with van der Waals surface area (Å²) >= 11 is 0. The third kappa shape index (κ3) is 2.38. The van der Waals surface area contributed by atoms with Crippen molar-refractivity contribution in [3.8, 4) is 0 Å². The molecule has 1 heterocycles. The number of nitrogens with one attached hydrogen (secondary N) is 1. The summed E-state index contributed by atoms with van der Waals surface area (Å²) in [7, 11) is 0. The summed E-state index contributed by atoms with van der Waals surface area (Å²) in [6.07, 6.45) is 1.16. The first-order valence-corrected chi connectivity index (χ1v) is 4.42. The van der Waals surface area contributed by atoms with Gasteiger partial charge in [0.15, 0.2) is 0 Å². The molecule has 7 heteroatoms. The number of rotatable bonds is 3. The quantitative estimate of drug-likeness (QED) is 0.481. The molecule has 0 aromatic rings. The number of nitrogens with zero attached hydrogens (tertiary/aromatic N) is 2. The fourth-order valence-corrected chi connectivity index (χ4v) is 1.23. The normalized spacial score (nSPS) is 24.5. The van der Waals surface area contributed by atoms with Crippen LogP contribution in [0.1, 0.15) is 13.8 Å². The molecule has 15 heavy (non-hydrogen) atoms. The van der Waals surface area contributed by atoms with E-state index < -0.39 is 16.5 Å². The summed E-state index contributed by atoms with van der Waals surface area (Å²) in [4.78, 5) is 25.2. The van der Waals surface area contributed by atoms with E-state index in [1.54, 1.807) is 6.92 Å². The maximum Gasteiger partial charge on any atom is 0.299 e. The maximum atomic E-state index is 11.4. The Kier molecular flexibility index (Phi) is 2.85. The van der Waals surface area contributed by atoms with Gasteiger partial charge < -0.3 is 11.1 Å². The number of nitrogens with two attached hydrogens (primary N) is 1. The van der Waals surface area contributed by atoms with Gasteiger partial charge in [-0.1, -0.05) is 0 Å². The summed E-state index contributed by atoms with van der Waals surface area (Å²) in [6, 6.07) is 0. The monoisotopic (exact) mass is 212 g/mol. The summed E-state index contributed by atoms with van der Waals surface area (Å²) in [5.74, 6) is -0.574. The Hall–Kier alpha value is -1.76. The van der Waals surface area contributed by atoms with Crippen molar-refractivity contribution < 1.29 is 9.72 Å². The predicted molar refractivity (Wildman–Crippen MR) is 53.8 cm³/mol. The average molecular weight is 212 g/mol. The van der Waals surface area contributed by atoms with Gasteiger partial charge in [0.25, 0.3) is 11.6 Å². The minimum absolute atomic E-state index is 0.216. The first-order valence-electron chi connectivity index (χ1n) is 4.42. The zero-order valence-electron chi connectivity index (χ0n) is 8.48. The molecule has 7 nitrogen and oxygen atoms in total. The van der Waals surface area contributed by atoms with Gasteiger partial charge in [-0.05, 0) is 13.8 Å². The molecule has 0 spiro atoms. The van der Waals surface area contributed by atoms with Crippen molar-refractivity contribution in [3.05, 3.63) is 21.9 Å². The number of carbonyl (C=O) groups is 1. The third-order valence-electron chi connectivity index (χ3n) is 1.77. The summed E-state index contributed by atoms with van der Waals surface area (Å²) in [5.41, 5.74) is 3.85. The largest absolute Gasteiger partial charge is 0.351 e. The first-order chi connectivity index (χ1) is 6.87. The van der Waals surface area contributed by atoms with Crippen molar-refractivity contribution in [3.63, 3.8) is 0 Å². The van der Waals surface area contributed by atoms with Crippen LogP contribution in [-0.4, -0.2) is 28.7 Å². The third-order valence-corrected chi connectivity index (χ3v) is 1.77. The highest BCUT2D eigenvalue weighted by Crippen LogP contribution is 2.19. The van der Waals surface area contributed by atoms with E-state index in [0.29, 0.717) is 6.54 Å².